The zero-order valence-corrected chi connectivity index (χ0v) is 16.3. The summed E-state index contributed by atoms with van der Waals surface area (Å²) in [4.78, 5) is 2.50. The lowest BCUT2D eigenvalue weighted by Gasteiger charge is -2.19. The minimum atomic E-state index is 0. The van der Waals surface area contributed by atoms with E-state index in [0.717, 1.165) is 26.1 Å². The van der Waals surface area contributed by atoms with Crippen molar-refractivity contribution in [3.8, 4) is 0 Å². The van der Waals surface area contributed by atoms with Crippen molar-refractivity contribution in [1.29, 1.82) is 0 Å². The second kappa shape index (κ2) is 9.79. The van der Waals surface area contributed by atoms with E-state index in [-0.39, 0.29) is 12.4 Å². The Kier molecular flexibility index (Phi) is 7.74. The van der Waals surface area contributed by atoms with Gasteiger partial charge in [-0.15, -0.1) is 12.4 Å². The summed E-state index contributed by atoms with van der Waals surface area (Å²) in [5.41, 5.74) is 6.01. The van der Waals surface area contributed by atoms with Gasteiger partial charge in [0.25, 0.3) is 0 Å². The van der Waals surface area contributed by atoms with E-state index >= 15 is 0 Å². The van der Waals surface area contributed by atoms with E-state index in [0.29, 0.717) is 5.92 Å². The number of hydrogen-bond donors (Lipinski definition) is 0. The largest absolute Gasteiger partial charge is 0.304 e. The molecule has 0 spiro atoms. The van der Waals surface area contributed by atoms with Gasteiger partial charge in [0.05, 0.1) is 0 Å². The molecule has 0 radical (unpaired) electrons. The summed E-state index contributed by atoms with van der Waals surface area (Å²) in [5.74, 6) is 0.626. The topological polar surface area (TPSA) is 3.24 Å². The molecule has 0 saturated heterocycles. The van der Waals surface area contributed by atoms with Crippen molar-refractivity contribution >= 4 is 18.0 Å². The second-order valence-electron chi connectivity index (χ2n) is 6.71. The number of fused-ring (bicyclic) bond motifs is 1. The van der Waals surface area contributed by atoms with Crippen molar-refractivity contribution in [3.63, 3.8) is 0 Å². The highest BCUT2D eigenvalue weighted by Crippen LogP contribution is 2.36. The van der Waals surface area contributed by atoms with Gasteiger partial charge < -0.3 is 4.90 Å². The highest BCUT2D eigenvalue weighted by atomic mass is 35.5. The number of rotatable bonds is 7. The molecule has 0 fully saturated rings. The molecule has 25 heavy (non-hydrogen) atoms. The molecular formula is C23H30ClN. The van der Waals surface area contributed by atoms with Crippen LogP contribution in [-0.4, -0.2) is 24.5 Å². The zero-order chi connectivity index (χ0) is 16.8. The molecule has 3 rings (SSSR count). The first-order valence-corrected chi connectivity index (χ1v) is 9.36. The molecule has 1 aliphatic carbocycles. The first-order chi connectivity index (χ1) is 11.8. The van der Waals surface area contributed by atoms with Crippen LogP contribution in [0.4, 0.5) is 0 Å². The Morgan fingerprint density at radius 3 is 2.04 bits per heavy atom. The van der Waals surface area contributed by atoms with Crippen LogP contribution in [0.25, 0.3) is 5.57 Å². The molecule has 0 N–H and O–H groups in total. The normalized spacial score (nSPS) is 14.4. The Hall–Kier alpha value is -1.57. The number of allylic oxidation sites excluding steroid dienone is 1. The molecular weight excluding hydrogens is 326 g/mol. The van der Waals surface area contributed by atoms with Gasteiger partial charge in [0, 0.05) is 6.54 Å². The number of nitrogens with zero attached hydrogens (tertiary/aromatic N) is 1. The van der Waals surface area contributed by atoms with E-state index < -0.39 is 0 Å². The maximum atomic E-state index is 2.50. The summed E-state index contributed by atoms with van der Waals surface area (Å²) >= 11 is 0. The SMILES string of the molecule is CCN(CC)CC/C=C(/c1ccccc1)C1Cc2ccccc2C1.Cl. The molecule has 134 valence electrons. The summed E-state index contributed by atoms with van der Waals surface area (Å²) in [6, 6.07) is 19.9. The maximum Gasteiger partial charge on any atom is 0.00159 e. The molecule has 0 aromatic heterocycles. The number of benzene rings is 2. The minimum absolute atomic E-state index is 0. The third-order valence-electron chi connectivity index (χ3n) is 5.30. The van der Waals surface area contributed by atoms with Gasteiger partial charge in [-0.3, -0.25) is 0 Å². The molecule has 0 amide bonds. The fourth-order valence-corrected chi connectivity index (χ4v) is 3.87. The lowest BCUT2D eigenvalue weighted by molar-refractivity contribution is 0.310. The Morgan fingerprint density at radius 1 is 0.920 bits per heavy atom. The summed E-state index contributed by atoms with van der Waals surface area (Å²) in [6.07, 6.45) is 6.01. The van der Waals surface area contributed by atoms with Gasteiger partial charge >= 0.3 is 0 Å². The smallest absolute Gasteiger partial charge is 0.00159 e. The average molecular weight is 356 g/mol. The third-order valence-corrected chi connectivity index (χ3v) is 5.30. The summed E-state index contributed by atoms with van der Waals surface area (Å²) in [6.45, 7) is 7.93. The average Bonchev–Trinajstić information content (AvgIpc) is 3.06. The van der Waals surface area contributed by atoms with Crippen LogP contribution in [0.3, 0.4) is 0 Å². The molecule has 2 aromatic carbocycles. The number of hydrogen-bond acceptors (Lipinski definition) is 1. The predicted octanol–water partition coefficient (Wildman–Crippen LogP) is 5.64. The minimum Gasteiger partial charge on any atom is -0.304 e. The molecule has 0 aliphatic heterocycles. The van der Waals surface area contributed by atoms with Crippen LogP contribution in [0.5, 0.6) is 0 Å². The maximum absolute atomic E-state index is 2.50. The fourth-order valence-electron chi connectivity index (χ4n) is 3.87. The van der Waals surface area contributed by atoms with Crippen LogP contribution in [0.2, 0.25) is 0 Å². The van der Waals surface area contributed by atoms with E-state index in [2.05, 4.69) is 79.4 Å². The van der Waals surface area contributed by atoms with Crippen molar-refractivity contribution in [1.82, 2.24) is 4.90 Å². The lowest BCUT2D eigenvalue weighted by atomic mass is 9.89. The molecule has 0 unspecified atom stereocenters. The van der Waals surface area contributed by atoms with Gasteiger partial charge in [0.1, 0.15) is 0 Å². The van der Waals surface area contributed by atoms with Gasteiger partial charge in [0.2, 0.25) is 0 Å². The molecule has 1 nitrogen and oxygen atoms in total. The van der Waals surface area contributed by atoms with Crippen LogP contribution in [-0.2, 0) is 12.8 Å². The quantitative estimate of drug-likeness (QED) is 0.621. The van der Waals surface area contributed by atoms with E-state index in [9.17, 15) is 0 Å². The van der Waals surface area contributed by atoms with E-state index in [1.165, 1.54) is 29.5 Å². The third kappa shape index (κ3) is 4.96. The van der Waals surface area contributed by atoms with Crippen LogP contribution in [0.15, 0.2) is 60.7 Å². The lowest BCUT2D eigenvalue weighted by Crippen LogP contribution is -2.23. The van der Waals surface area contributed by atoms with Gasteiger partial charge in [-0.05, 0) is 60.5 Å². The van der Waals surface area contributed by atoms with Crippen molar-refractivity contribution < 1.29 is 0 Å². The van der Waals surface area contributed by atoms with Gasteiger partial charge in [-0.1, -0.05) is 74.5 Å². The van der Waals surface area contributed by atoms with Crippen molar-refractivity contribution in [2.75, 3.05) is 19.6 Å². The molecule has 0 heterocycles. The zero-order valence-electron chi connectivity index (χ0n) is 15.4. The summed E-state index contributed by atoms with van der Waals surface area (Å²) in [7, 11) is 0. The predicted molar refractivity (Wildman–Crippen MR) is 111 cm³/mol. The van der Waals surface area contributed by atoms with Crippen LogP contribution in [0, 0.1) is 5.92 Å². The second-order valence-corrected chi connectivity index (χ2v) is 6.71. The van der Waals surface area contributed by atoms with Crippen LogP contribution >= 0.6 is 12.4 Å². The van der Waals surface area contributed by atoms with Crippen molar-refractivity contribution in [2.24, 2.45) is 5.92 Å². The van der Waals surface area contributed by atoms with E-state index in [4.69, 9.17) is 0 Å². The molecule has 2 aromatic rings. The fraction of sp³-hybridized carbons (Fsp3) is 0.391. The molecule has 2 heteroatoms. The van der Waals surface area contributed by atoms with Crippen LogP contribution < -0.4 is 0 Å². The van der Waals surface area contributed by atoms with E-state index in [1.54, 1.807) is 5.57 Å². The van der Waals surface area contributed by atoms with Gasteiger partial charge in [-0.25, -0.2) is 0 Å². The van der Waals surface area contributed by atoms with Crippen molar-refractivity contribution in [2.45, 2.75) is 33.1 Å². The van der Waals surface area contributed by atoms with Gasteiger partial charge in [0.15, 0.2) is 0 Å². The van der Waals surface area contributed by atoms with Crippen LogP contribution in [0.1, 0.15) is 37.0 Å². The Labute approximate surface area is 159 Å². The molecule has 0 saturated carbocycles. The standard InChI is InChI=1S/C23H29N.ClH/c1-3-24(4-2)16-10-15-23(19-11-6-5-7-12-19)22-17-20-13-8-9-14-21(20)18-22;/h5-9,11-15,22H,3-4,10,16-18H2,1-2H3;1H/b23-15-;. The Balaban J connectivity index is 0.00000225. The Bertz CT molecular complexity index is 649. The Morgan fingerprint density at radius 2 is 1.48 bits per heavy atom. The highest BCUT2D eigenvalue weighted by molar-refractivity contribution is 5.85. The monoisotopic (exact) mass is 355 g/mol. The first-order valence-electron chi connectivity index (χ1n) is 9.36. The first kappa shape index (κ1) is 19.8. The molecule has 0 bridgehead atoms. The summed E-state index contributed by atoms with van der Waals surface area (Å²) < 4.78 is 0. The van der Waals surface area contributed by atoms with Gasteiger partial charge in [-0.2, -0.15) is 0 Å². The van der Waals surface area contributed by atoms with E-state index in [1.807, 2.05) is 0 Å². The molecule has 0 atom stereocenters. The summed E-state index contributed by atoms with van der Waals surface area (Å²) in [5, 5.41) is 0. The molecule has 1 aliphatic rings. The van der Waals surface area contributed by atoms with Crippen molar-refractivity contribution in [3.05, 3.63) is 77.4 Å². The highest BCUT2D eigenvalue weighted by Gasteiger charge is 2.24. The number of halogens is 1.